The maximum absolute atomic E-state index is 12.4. The molecule has 2 aromatic carbocycles. The highest BCUT2D eigenvalue weighted by atomic mass is 79.9. The second kappa shape index (κ2) is 8.02. The number of hydrogen-bond donors (Lipinski definition) is 0. The van der Waals surface area contributed by atoms with Gasteiger partial charge in [0.15, 0.2) is 11.5 Å². The highest BCUT2D eigenvalue weighted by molar-refractivity contribution is 9.10. The molecule has 0 unspecified atom stereocenters. The Bertz CT molecular complexity index is 771. The van der Waals surface area contributed by atoms with Gasteiger partial charge < -0.3 is 14.4 Å². The normalized spacial score (nSPS) is 10.7. The van der Waals surface area contributed by atoms with Crippen LogP contribution in [0, 0.1) is 6.92 Å². The quantitative estimate of drug-likeness (QED) is 0.708. The van der Waals surface area contributed by atoms with E-state index in [4.69, 9.17) is 9.47 Å². The van der Waals surface area contributed by atoms with Crippen LogP contribution in [0.25, 0.3) is 6.08 Å². The number of amides is 1. The zero-order valence-electron chi connectivity index (χ0n) is 14.2. The summed E-state index contributed by atoms with van der Waals surface area (Å²) in [5.74, 6) is 1.18. The van der Waals surface area contributed by atoms with Gasteiger partial charge in [-0.25, -0.2) is 0 Å². The summed E-state index contributed by atoms with van der Waals surface area (Å²) in [5, 5.41) is 0. The third-order valence-electron chi connectivity index (χ3n) is 3.68. The van der Waals surface area contributed by atoms with Crippen molar-refractivity contribution in [3.05, 3.63) is 58.1 Å². The van der Waals surface area contributed by atoms with Crippen molar-refractivity contribution in [2.24, 2.45) is 0 Å². The lowest BCUT2D eigenvalue weighted by Crippen LogP contribution is -2.24. The molecule has 4 nitrogen and oxygen atoms in total. The molecule has 0 bridgehead atoms. The van der Waals surface area contributed by atoms with Crippen LogP contribution in [0.2, 0.25) is 0 Å². The zero-order chi connectivity index (χ0) is 17.7. The van der Waals surface area contributed by atoms with E-state index in [9.17, 15) is 4.79 Å². The molecule has 0 radical (unpaired) electrons. The topological polar surface area (TPSA) is 38.8 Å². The maximum Gasteiger partial charge on any atom is 0.250 e. The second-order valence-electron chi connectivity index (χ2n) is 5.28. The van der Waals surface area contributed by atoms with E-state index in [2.05, 4.69) is 15.9 Å². The molecule has 0 fully saturated rings. The minimum absolute atomic E-state index is 0.102. The average molecular weight is 390 g/mol. The summed E-state index contributed by atoms with van der Waals surface area (Å²) >= 11 is 3.43. The summed E-state index contributed by atoms with van der Waals surface area (Å²) in [7, 11) is 4.94. The fourth-order valence-electron chi connectivity index (χ4n) is 2.35. The number of ether oxygens (including phenoxy) is 2. The van der Waals surface area contributed by atoms with Crippen LogP contribution in [-0.2, 0) is 4.79 Å². The first-order valence-electron chi connectivity index (χ1n) is 7.40. The zero-order valence-corrected chi connectivity index (χ0v) is 15.8. The third kappa shape index (κ3) is 4.17. The number of carbonyl (C=O) groups excluding carboxylic acids is 1. The minimum Gasteiger partial charge on any atom is -0.493 e. The largest absolute Gasteiger partial charge is 0.493 e. The second-order valence-corrected chi connectivity index (χ2v) is 6.19. The number of aryl methyl sites for hydroxylation is 1. The van der Waals surface area contributed by atoms with Gasteiger partial charge in [0.1, 0.15) is 0 Å². The summed E-state index contributed by atoms with van der Waals surface area (Å²) in [5.41, 5.74) is 2.77. The first-order chi connectivity index (χ1) is 11.5. The maximum atomic E-state index is 12.4. The van der Waals surface area contributed by atoms with Crippen molar-refractivity contribution in [3.63, 3.8) is 0 Å². The molecule has 5 heteroatoms. The summed E-state index contributed by atoms with van der Waals surface area (Å²) in [6.07, 6.45) is 3.30. The van der Waals surface area contributed by atoms with Gasteiger partial charge in [0.05, 0.1) is 14.2 Å². The van der Waals surface area contributed by atoms with Crippen molar-refractivity contribution >= 4 is 33.6 Å². The molecule has 0 aliphatic rings. The summed E-state index contributed by atoms with van der Waals surface area (Å²) in [6, 6.07) is 11.3. The monoisotopic (exact) mass is 389 g/mol. The van der Waals surface area contributed by atoms with E-state index in [1.807, 2.05) is 43.3 Å². The van der Waals surface area contributed by atoms with Gasteiger partial charge in [0.25, 0.3) is 5.91 Å². The predicted octanol–water partition coefficient (Wildman–Crippen LogP) is 4.45. The number of anilines is 1. The van der Waals surface area contributed by atoms with Gasteiger partial charge in [-0.05, 0) is 54.5 Å². The molecule has 0 aliphatic carbocycles. The Balaban J connectivity index is 2.17. The standard InChI is InChI=1S/C19H20BrNO3/c1-13-11-15(20)7-8-16(13)21(2)19(22)10-6-14-5-9-17(23-3)18(12-14)24-4/h5-12H,1-4H3. The van der Waals surface area contributed by atoms with Crippen molar-refractivity contribution in [1.29, 1.82) is 0 Å². The molecular formula is C19H20BrNO3. The van der Waals surface area contributed by atoms with E-state index in [1.165, 1.54) is 0 Å². The Kier molecular flexibility index (Phi) is 6.04. The van der Waals surface area contributed by atoms with Crippen LogP contribution in [-0.4, -0.2) is 27.2 Å². The molecule has 0 aromatic heterocycles. The molecule has 2 rings (SSSR count). The molecule has 0 N–H and O–H groups in total. The first-order valence-corrected chi connectivity index (χ1v) is 8.19. The minimum atomic E-state index is -0.102. The highest BCUT2D eigenvalue weighted by Gasteiger charge is 2.10. The molecular weight excluding hydrogens is 370 g/mol. The van der Waals surface area contributed by atoms with Gasteiger partial charge in [-0.15, -0.1) is 0 Å². The molecule has 1 amide bonds. The number of benzene rings is 2. The SMILES string of the molecule is COc1ccc(C=CC(=O)N(C)c2ccc(Br)cc2C)cc1OC. The molecule has 126 valence electrons. The fourth-order valence-corrected chi connectivity index (χ4v) is 2.83. The molecule has 2 aromatic rings. The van der Waals surface area contributed by atoms with Gasteiger partial charge in [0.2, 0.25) is 0 Å². The van der Waals surface area contributed by atoms with Gasteiger partial charge in [-0.1, -0.05) is 22.0 Å². The summed E-state index contributed by atoms with van der Waals surface area (Å²) in [6.45, 7) is 1.97. The van der Waals surface area contributed by atoms with E-state index in [0.29, 0.717) is 11.5 Å². The van der Waals surface area contributed by atoms with Crippen LogP contribution in [0.1, 0.15) is 11.1 Å². The lowest BCUT2D eigenvalue weighted by atomic mass is 10.1. The van der Waals surface area contributed by atoms with E-state index in [1.54, 1.807) is 38.3 Å². The molecule has 24 heavy (non-hydrogen) atoms. The van der Waals surface area contributed by atoms with E-state index < -0.39 is 0 Å². The van der Waals surface area contributed by atoms with Crippen molar-refractivity contribution in [2.45, 2.75) is 6.92 Å². The van der Waals surface area contributed by atoms with E-state index in [0.717, 1.165) is 21.3 Å². The van der Waals surface area contributed by atoms with Gasteiger partial charge in [0, 0.05) is 23.3 Å². The Morgan fingerprint density at radius 3 is 2.42 bits per heavy atom. The van der Waals surface area contributed by atoms with Crippen molar-refractivity contribution < 1.29 is 14.3 Å². The van der Waals surface area contributed by atoms with Crippen LogP contribution in [0.3, 0.4) is 0 Å². The van der Waals surface area contributed by atoms with Crippen molar-refractivity contribution in [3.8, 4) is 11.5 Å². The Labute approximate surface area is 150 Å². The van der Waals surface area contributed by atoms with E-state index in [-0.39, 0.29) is 5.91 Å². The number of methoxy groups -OCH3 is 2. The third-order valence-corrected chi connectivity index (χ3v) is 4.17. The highest BCUT2D eigenvalue weighted by Crippen LogP contribution is 2.28. The fraction of sp³-hybridized carbons (Fsp3) is 0.211. The predicted molar refractivity (Wildman–Crippen MR) is 101 cm³/mol. The van der Waals surface area contributed by atoms with Crippen LogP contribution in [0.15, 0.2) is 46.9 Å². The van der Waals surface area contributed by atoms with Crippen LogP contribution < -0.4 is 14.4 Å². The van der Waals surface area contributed by atoms with Gasteiger partial charge in [-0.3, -0.25) is 4.79 Å². The van der Waals surface area contributed by atoms with Gasteiger partial charge >= 0.3 is 0 Å². The number of halogens is 1. The van der Waals surface area contributed by atoms with Crippen LogP contribution in [0.5, 0.6) is 11.5 Å². The lowest BCUT2D eigenvalue weighted by Gasteiger charge is -2.18. The molecule has 0 aliphatic heterocycles. The van der Waals surface area contributed by atoms with Crippen molar-refractivity contribution in [1.82, 2.24) is 0 Å². The Morgan fingerprint density at radius 2 is 1.79 bits per heavy atom. The van der Waals surface area contributed by atoms with E-state index >= 15 is 0 Å². The average Bonchev–Trinajstić information content (AvgIpc) is 2.58. The molecule has 0 saturated heterocycles. The van der Waals surface area contributed by atoms with Crippen molar-refractivity contribution in [2.75, 3.05) is 26.2 Å². The van der Waals surface area contributed by atoms with Gasteiger partial charge in [-0.2, -0.15) is 0 Å². The Morgan fingerprint density at radius 1 is 1.08 bits per heavy atom. The summed E-state index contributed by atoms with van der Waals surface area (Å²) < 4.78 is 11.5. The van der Waals surface area contributed by atoms with Crippen LogP contribution in [0.4, 0.5) is 5.69 Å². The molecule has 0 atom stereocenters. The summed E-state index contributed by atoms with van der Waals surface area (Å²) in [4.78, 5) is 14.0. The number of nitrogens with zero attached hydrogens (tertiary/aromatic N) is 1. The number of likely N-dealkylation sites (N-methyl/N-ethyl adjacent to an activating group) is 1. The number of rotatable bonds is 5. The molecule has 0 heterocycles. The number of hydrogen-bond acceptors (Lipinski definition) is 3. The Hall–Kier alpha value is -2.27. The number of carbonyl (C=O) groups is 1. The lowest BCUT2D eigenvalue weighted by molar-refractivity contribution is -0.113. The van der Waals surface area contributed by atoms with Crippen LogP contribution >= 0.6 is 15.9 Å². The first kappa shape index (κ1) is 18.1. The molecule has 0 saturated carbocycles. The smallest absolute Gasteiger partial charge is 0.250 e. The molecule has 0 spiro atoms.